The fraction of sp³-hybridized carbons (Fsp3) is 0.267. The molecule has 1 aromatic carbocycles. The second-order valence-corrected chi connectivity index (χ2v) is 5.98. The molecule has 120 valence electrons. The number of hydrogen-bond acceptors (Lipinski definition) is 4. The number of amides is 3. The van der Waals surface area contributed by atoms with Gasteiger partial charge in [-0.1, -0.05) is 18.2 Å². The van der Waals surface area contributed by atoms with Crippen LogP contribution >= 0.6 is 11.3 Å². The Morgan fingerprint density at radius 1 is 1.30 bits per heavy atom. The summed E-state index contributed by atoms with van der Waals surface area (Å²) < 4.78 is 13.7. The predicted molar refractivity (Wildman–Crippen MR) is 83.4 cm³/mol. The maximum atomic E-state index is 13.7. The summed E-state index contributed by atoms with van der Waals surface area (Å²) in [4.78, 5) is 31.6. The van der Waals surface area contributed by atoms with Crippen LogP contribution in [0.25, 0.3) is 0 Å². The van der Waals surface area contributed by atoms with Gasteiger partial charge in [0.15, 0.2) is 0 Å². The van der Waals surface area contributed by atoms with Crippen molar-refractivity contribution in [2.45, 2.75) is 6.54 Å². The molecule has 0 aliphatic carbocycles. The maximum absolute atomic E-state index is 13.7. The van der Waals surface area contributed by atoms with Crippen LogP contribution in [0.4, 0.5) is 9.18 Å². The summed E-state index contributed by atoms with van der Waals surface area (Å²) in [7, 11) is 0. The summed E-state index contributed by atoms with van der Waals surface area (Å²) in [5.41, 5.74) is 2.06. The lowest BCUT2D eigenvalue weighted by Gasteiger charge is -2.19. The molecule has 1 saturated heterocycles. The third-order valence-corrected chi connectivity index (χ3v) is 4.36. The number of benzene rings is 1. The summed E-state index contributed by atoms with van der Waals surface area (Å²) >= 11 is 1.24. The maximum Gasteiger partial charge on any atom is 0.321 e. The van der Waals surface area contributed by atoms with Gasteiger partial charge < -0.3 is 15.1 Å². The van der Waals surface area contributed by atoms with Crippen molar-refractivity contribution in [2.75, 3.05) is 19.8 Å². The van der Waals surface area contributed by atoms with Crippen LogP contribution in [0.5, 0.6) is 0 Å². The Labute approximate surface area is 136 Å². The number of halogens is 1. The predicted octanol–water partition coefficient (Wildman–Crippen LogP) is 1.91. The molecule has 23 heavy (non-hydrogen) atoms. The van der Waals surface area contributed by atoms with Crippen LogP contribution in [0.15, 0.2) is 36.0 Å². The molecule has 0 unspecified atom stereocenters. The number of hydrogen-bond donors (Lipinski definition) is 1. The van der Waals surface area contributed by atoms with E-state index in [4.69, 9.17) is 0 Å². The summed E-state index contributed by atoms with van der Waals surface area (Å²) in [6.07, 6.45) is 1.48. The third kappa shape index (κ3) is 3.48. The highest BCUT2D eigenvalue weighted by Crippen LogP contribution is 2.15. The van der Waals surface area contributed by atoms with Gasteiger partial charge in [0.1, 0.15) is 10.7 Å². The molecule has 0 saturated carbocycles. The van der Waals surface area contributed by atoms with E-state index in [0.29, 0.717) is 23.5 Å². The highest BCUT2D eigenvalue weighted by atomic mass is 32.1. The fourth-order valence-corrected chi connectivity index (χ4v) is 2.88. The number of carbonyl (C=O) groups excluding carboxylic acids is 2. The quantitative estimate of drug-likeness (QED) is 0.908. The molecule has 1 aliphatic heterocycles. The van der Waals surface area contributed by atoms with Gasteiger partial charge in [-0.2, -0.15) is 0 Å². The van der Waals surface area contributed by atoms with Gasteiger partial charge in [0.2, 0.25) is 0 Å². The second-order valence-electron chi connectivity index (χ2n) is 5.09. The Morgan fingerprint density at radius 2 is 2.09 bits per heavy atom. The number of urea groups is 1. The lowest BCUT2D eigenvalue weighted by Crippen LogP contribution is -2.40. The summed E-state index contributed by atoms with van der Waals surface area (Å²) in [6.45, 7) is 1.36. The first-order valence-electron chi connectivity index (χ1n) is 7.09. The van der Waals surface area contributed by atoms with Gasteiger partial charge in [-0.25, -0.2) is 9.18 Å². The lowest BCUT2D eigenvalue weighted by molar-refractivity contribution is 0.0938. The number of thiazole rings is 1. The molecule has 3 rings (SSSR count). The third-order valence-electron chi connectivity index (χ3n) is 3.59. The van der Waals surface area contributed by atoms with E-state index in [1.54, 1.807) is 28.6 Å². The van der Waals surface area contributed by atoms with Gasteiger partial charge in [-0.15, -0.1) is 11.3 Å². The highest BCUT2D eigenvalue weighted by molar-refractivity contribution is 7.11. The first-order valence-corrected chi connectivity index (χ1v) is 7.97. The van der Waals surface area contributed by atoms with Crippen LogP contribution < -0.4 is 5.32 Å². The smallest absolute Gasteiger partial charge is 0.321 e. The first kappa shape index (κ1) is 15.4. The van der Waals surface area contributed by atoms with Crippen molar-refractivity contribution in [3.63, 3.8) is 0 Å². The number of carbonyl (C=O) groups is 2. The van der Waals surface area contributed by atoms with E-state index in [2.05, 4.69) is 10.3 Å². The van der Waals surface area contributed by atoms with Crippen molar-refractivity contribution in [1.29, 1.82) is 0 Å². The average molecular weight is 334 g/mol. The molecule has 2 heterocycles. The van der Waals surface area contributed by atoms with Gasteiger partial charge in [0.05, 0.1) is 24.9 Å². The molecule has 0 radical (unpaired) electrons. The largest absolute Gasteiger partial charge is 0.334 e. The van der Waals surface area contributed by atoms with Gasteiger partial charge in [-0.3, -0.25) is 9.78 Å². The zero-order chi connectivity index (χ0) is 16.2. The Kier molecular flexibility index (Phi) is 4.52. The van der Waals surface area contributed by atoms with Crippen molar-refractivity contribution >= 4 is 23.3 Å². The molecule has 1 aliphatic rings. The number of aromatic nitrogens is 1. The summed E-state index contributed by atoms with van der Waals surface area (Å²) in [5.74, 6) is -0.579. The van der Waals surface area contributed by atoms with Crippen molar-refractivity contribution in [3.8, 4) is 0 Å². The monoisotopic (exact) mass is 334 g/mol. The minimum atomic E-state index is -0.322. The first-order chi connectivity index (χ1) is 11.1. The zero-order valence-electron chi connectivity index (χ0n) is 12.2. The standard InChI is InChI=1S/C15H15FN4O2S/c16-12-4-2-1-3-11(12)8-19-5-6-20(15(19)22)9-18-14(21)13-7-17-10-23-13/h1-4,7,10H,5-6,8-9H2,(H,18,21). The summed E-state index contributed by atoms with van der Waals surface area (Å²) in [6, 6.07) is 6.19. The van der Waals surface area contributed by atoms with Crippen molar-refractivity contribution < 1.29 is 14.0 Å². The van der Waals surface area contributed by atoms with Crippen LogP contribution in [0.3, 0.4) is 0 Å². The van der Waals surface area contributed by atoms with Crippen molar-refractivity contribution in [1.82, 2.24) is 20.1 Å². The molecule has 2 aromatic rings. The highest BCUT2D eigenvalue weighted by Gasteiger charge is 2.29. The molecule has 1 N–H and O–H groups in total. The molecule has 3 amide bonds. The van der Waals surface area contributed by atoms with E-state index in [-0.39, 0.29) is 31.0 Å². The summed E-state index contributed by atoms with van der Waals surface area (Å²) in [5, 5.41) is 2.69. The number of nitrogens with zero attached hydrogens (tertiary/aromatic N) is 3. The Balaban J connectivity index is 1.55. The topological polar surface area (TPSA) is 65.5 Å². The van der Waals surface area contributed by atoms with Crippen molar-refractivity contribution in [2.24, 2.45) is 0 Å². The van der Waals surface area contributed by atoms with Crippen LogP contribution in [0, 0.1) is 5.82 Å². The number of rotatable bonds is 5. The van der Waals surface area contributed by atoms with Crippen LogP contribution in [0.1, 0.15) is 15.2 Å². The molecule has 6 nitrogen and oxygen atoms in total. The van der Waals surface area contributed by atoms with Gasteiger partial charge >= 0.3 is 6.03 Å². The Morgan fingerprint density at radius 3 is 2.83 bits per heavy atom. The molecule has 0 bridgehead atoms. The average Bonchev–Trinajstić information content (AvgIpc) is 3.19. The van der Waals surface area contributed by atoms with E-state index < -0.39 is 0 Å². The number of nitrogens with one attached hydrogen (secondary N) is 1. The molecular weight excluding hydrogens is 319 g/mol. The van der Waals surface area contributed by atoms with Gasteiger partial charge in [0.25, 0.3) is 5.91 Å². The molecule has 0 atom stereocenters. The molecule has 0 spiro atoms. The minimum absolute atomic E-state index is 0.128. The Hall–Kier alpha value is -2.48. The van der Waals surface area contributed by atoms with E-state index in [0.717, 1.165) is 0 Å². The fourth-order valence-electron chi connectivity index (χ4n) is 2.34. The van der Waals surface area contributed by atoms with E-state index in [1.807, 2.05) is 0 Å². The van der Waals surface area contributed by atoms with Crippen molar-refractivity contribution in [3.05, 3.63) is 52.2 Å². The minimum Gasteiger partial charge on any atom is -0.334 e. The Bertz CT molecular complexity index is 707. The SMILES string of the molecule is O=C(NCN1CCN(Cc2ccccc2F)C1=O)c1cncs1. The van der Waals surface area contributed by atoms with Crippen LogP contribution in [-0.2, 0) is 6.54 Å². The van der Waals surface area contributed by atoms with E-state index in [9.17, 15) is 14.0 Å². The lowest BCUT2D eigenvalue weighted by atomic mass is 10.2. The molecule has 8 heteroatoms. The molecule has 1 aromatic heterocycles. The van der Waals surface area contributed by atoms with Crippen LogP contribution in [0.2, 0.25) is 0 Å². The van der Waals surface area contributed by atoms with Gasteiger partial charge in [-0.05, 0) is 6.07 Å². The molecule has 1 fully saturated rings. The van der Waals surface area contributed by atoms with Gasteiger partial charge in [0, 0.05) is 18.7 Å². The zero-order valence-corrected chi connectivity index (χ0v) is 13.1. The van der Waals surface area contributed by atoms with E-state index in [1.165, 1.54) is 28.5 Å². The second kappa shape index (κ2) is 6.74. The molecular formula is C15H15FN4O2S. The van der Waals surface area contributed by atoms with E-state index >= 15 is 0 Å². The van der Waals surface area contributed by atoms with Crippen LogP contribution in [-0.4, -0.2) is 46.5 Å². The normalized spacial score (nSPS) is 14.4.